The summed E-state index contributed by atoms with van der Waals surface area (Å²) in [7, 11) is 0. The second-order valence-electron chi connectivity index (χ2n) is 3.27. The van der Waals surface area contributed by atoms with E-state index in [1.54, 1.807) is 0 Å². The van der Waals surface area contributed by atoms with E-state index in [0.717, 1.165) is 12.1 Å². The first-order valence-electron chi connectivity index (χ1n) is 4.66. The SMILES string of the molecule is Nc1cc(F)ccc1C(=O)NC(CO)CO. The van der Waals surface area contributed by atoms with Crippen LogP contribution in [0.4, 0.5) is 10.1 Å². The number of hydrogen-bond donors (Lipinski definition) is 4. The van der Waals surface area contributed by atoms with Gasteiger partial charge in [0, 0.05) is 5.69 Å². The molecule has 1 aromatic rings. The van der Waals surface area contributed by atoms with Gasteiger partial charge in [-0.25, -0.2) is 4.39 Å². The number of nitrogens with one attached hydrogen (secondary N) is 1. The van der Waals surface area contributed by atoms with Crippen molar-refractivity contribution in [1.29, 1.82) is 0 Å². The van der Waals surface area contributed by atoms with E-state index in [2.05, 4.69) is 5.32 Å². The number of carbonyl (C=O) groups is 1. The number of halogens is 1. The van der Waals surface area contributed by atoms with Gasteiger partial charge in [-0.3, -0.25) is 4.79 Å². The average Bonchev–Trinajstić information content (AvgIpc) is 2.25. The van der Waals surface area contributed by atoms with Crippen LogP contribution in [0.25, 0.3) is 0 Å². The van der Waals surface area contributed by atoms with Crippen molar-refractivity contribution >= 4 is 11.6 Å². The Hall–Kier alpha value is -1.66. The first kappa shape index (κ1) is 12.4. The summed E-state index contributed by atoms with van der Waals surface area (Å²) in [6.45, 7) is -0.771. The quantitative estimate of drug-likeness (QED) is 0.522. The van der Waals surface area contributed by atoms with Crippen molar-refractivity contribution in [3.63, 3.8) is 0 Å². The molecular formula is C10H13FN2O3. The van der Waals surface area contributed by atoms with E-state index in [1.807, 2.05) is 0 Å². The fourth-order valence-electron chi connectivity index (χ4n) is 1.15. The highest BCUT2D eigenvalue weighted by Crippen LogP contribution is 2.13. The smallest absolute Gasteiger partial charge is 0.253 e. The number of benzene rings is 1. The van der Waals surface area contributed by atoms with Gasteiger partial charge in [-0.15, -0.1) is 0 Å². The molecule has 1 amide bonds. The molecular weight excluding hydrogens is 215 g/mol. The Morgan fingerprint density at radius 2 is 2.06 bits per heavy atom. The highest BCUT2D eigenvalue weighted by atomic mass is 19.1. The first-order valence-corrected chi connectivity index (χ1v) is 4.66. The van der Waals surface area contributed by atoms with E-state index in [-0.39, 0.29) is 24.5 Å². The number of aliphatic hydroxyl groups excluding tert-OH is 2. The van der Waals surface area contributed by atoms with E-state index >= 15 is 0 Å². The third-order valence-corrected chi connectivity index (χ3v) is 2.03. The fraction of sp³-hybridized carbons (Fsp3) is 0.300. The second-order valence-corrected chi connectivity index (χ2v) is 3.27. The Kier molecular flexibility index (Phi) is 4.21. The summed E-state index contributed by atoms with van der Waals surface area (Å²) in [6, 6.07) is 2.63. The van der Waals surface area contributed by atoms with Gasteiger partial charge < -0.3 is 21.3 Å². The molecule has 6 heteroatoms. The second kappa shape index (κ2) is 5.43. The van der Waals surface area contributed by atoms with Crippen molar-refractivity contribution < 1.29 is 19.4 Å². The summed E-state index contributed by atoms with van der Waals surface area (Å²) in [5.41, 5.74) is 5.57. The van der Waals surface area contributed by atoms with Gasteiger partial charge in [0.05, 0.1) is 24.8 Å². The molecule has 0 spiro atoms. The molecule has 0 fully saturated rings. The van der Waals surface area contributed by atoms with Gasteiger partial charge in [0.2, 0.25) is 0 Å². The zero-order valence-electron chi connectivity index (χ0n) is 8.48. The highest BCUT2D eigenvalue weighted by Gasteiger charge is 2.14. The van der Waals surface area contributed by atoms with Crippen LogP contribution in [0.15, 0.2) is 18.2 Å². The van der Waals surface area contributed by atoms with Crippen molar-refractivity contribution in [2.24, 2.45) is 0 Å². The molecule has 0 atom stereocenters. The summed E-state index contributed by atoms with van der Waals surface area (Å²) in [4.78, 5) is 11.6. The standard InChI is InChI=1S/C10H13FN2O3/c11-6-1-2-8(9(12)3-6)10(16)13-7(4-14)5-15/h1-3,7,14-15H,4-5,12H2,(H,13,16). The monoisotopic (exact) mass is 228 g/mol. The van der Waals surface area contributed by atoms with E-state index in [0.29, 0.717) is 0 Å². The lowest BCUT2D eigenvalue weighted by Crippen LogP contribution is -2.40. The van der Waals surface area contributed by atoms with Crippen LogP contribution in [0.3, 0.4) is 0 Å². The third-order valence-electron chi connectivity index (χ3n) is 2.03. The van der Waals surface area contributed by atoms with Crippen LogP contribution in [-0.4, -0.2) is 35.4 Å². The number of nitrogen functional groups attached to an aromatic ring is 1. The lowest BCUT2D eigenvalue weighted by Gasteiger charge is -2.14. The third kappa shape index (κ3) is 2.91. The minimum atomic E-state index is -0.753. The normalized spacial score (nSPS) is 10.5. The Morgan fingerprint density at radius 3 is 2.56 bits per heavy atom. The summed E-state index contributed by atoms with van der Waals surface area (Å²) < 4.78 is 12.7. The van der Waals surface area contributed by atoms with Crippen molar-refractivity contribution in [3.8, 4) is 0 Å². The topological polar surface area (TPSA) is 95.6 Å². The number of hydrogen-bond acceptors (Lipinski definition) is 4. The number of aliphatic hydroxyl groups is 2. The molecule has 0 radical (unpaired) electrons. The van der Waals surface area contributed by atoms with E-state index in [4.69, 9.17) is 15.9 Å². The van der Waals surface area contributed by atoms with Gasteiger partial charge >= 0.3 is 0 Å². The van der Waals surface area contributed by atoms with Crippen molar-refractivity contribution in [2.75, 3.05) is 18.9 Å². The van der Waals surface area contributed by atoms with Gasteiger partial charge in [-0.2, -0.15) is 0 Å². The summed E-state index contributed by atoms with van der Waals surface area (Å²) in [6.07, 6.45) is 0. The number of carbonyl (C=O) groups excluding carboxylic acids is 1. The molecule has 0 heterocycles. The van der Waals surface area contributed by atoms with Gasteiger partial charge in [0.1, 0.15) is 5.82 Å². The minimum absolute atomic E-state index is 0.00660. The molecule has 0 saturated carbocycles. The summed E-state index contributed by atoms with van der Waals surface area (Å²) in [5.74, 6) is -1.10. The molecule has 0 aliphatic heterocycles. The van der Waals surface area contributed by atoms with Crippen LogP contribution in [0.1, 0.15) is 10.4 Å². The minimum Gasteiger partial charge on any atom is -0.398 e. The fourth-order valence-corrected chi connectivity index (χ4v) is 1.15. The number of anilines is 1. The van der Waals surface area contributed by atoms with E-state index < -0.39 is 17.8 Å². The molecule has 88 valence electrons. The zero-order valence-corrected chi connectivity index (χ0v) is 8.48. The Morgan fingerprint density at radius 1 is 1.44 bits per heavy atom. The van der Waals surface area contributed by atoms with Crippen molar-refractivity contribution in [3.05, 3.63) is 29.6 Å². The maximum atomic E-state index is 12.7. The van der Waals surface area contributed by atoms with Gasteiger partial charge in [0.15, 0.2) is 0 Å². The summed E-state index contributed by atoms with van der Waals surface area (Å²) in [5, 5.41) is 19.9. The van der Waals surface area contributed by atoms with Crippen LogP contribution in [-0.2, 0) is 0 Å². The largest absolute Gasteiger partial charge is 0.398 e. The van der Waals surface area contributed by atoms with Crippen LogP contribution in [0.5, 0.6) is 0 Å². The zero-order chi connectivity index (χ0) is 12.1. The average molecular weight is 228 g/mol. The molecule has 0 saturated heterocycles. The first-order chi connectivity index (χ1) is 7.58. The molecule has 0 unspecified atom stereocenters. The number of nitrogens with two attached hydrogens (primary N) is 1. The molecule has 1 aromatic carbocycles. The predicted octanol–water partition coefficient (Wildman–Crippen LogP) is -0.509. The molecule has 0 aliphatic rings. The molecule has 16 heavy (non-hydrogen) atoms. The molecule has 0 bridgehead atoms. The summed E-state index contributed by atoms with van der Waals surface area (Å²) >= 11 is 0. The molecule has 5 nitrogen and oxygen atoms in total. The van der Waals surface area contributed by atoms with Gasteiger partial charge in [0.25, 0.3) is 5.91 Å². The molecule has 0 aliphatic carbocycles. The van der Waals surface area contributed by atoms with Crippen LogP contribution in [0, 0.1) is 5.82 Å². The Balaban J connectivity index is 2.80. The predicted molar refractivity (Wildman–Crippen MR) is 56.2 cm³/mol. The van der Waals surface area contributed by atoms with Gasteiger partial charge in [-0.05, 0) is 18.2 Å². The van der Waals surface area contributed by atoms with Gasteiger partial charge in [-0.1, -0.05) is 0 Å². The lowest BCUT2D eigenvalue weighted by atomic mass is 10.1. The maximum absolute atomic E-state index is 12.7. The van der Waals surface area contributed by atoms with E-state index in [1.165, 1.54) is 6.07 Å². The Bertz CT molecular complexity index is 380. The van der Waals surface area contributed by atoms with Crippen LogP contribution >= 0.6 is 0 Å². The molecule has 5 N–H and O–H groups in total. The lowest BCUT2D eigenvalue weighted by molar-refractivity contribution is 0.0880. The van der Waals surface area contributed by atoms with E-state index in [9.17, 15) is 9.18 Å². The maximum Gasteiger partial charge on any atom is 0.253 e. The highest BCUT2D eigenvalue weighted by molar-refractivity contribution is 5.99. The van der Waals surface area contributed by atoms with Crippen LogP contribution < -0.4 is 11.1 Å². The number of amides is 1. The van der Waals surface area contributed by atoms with Crippen LogP contribution in [0.2, 0.25) is 0 Å². The molecule has 1 rings (SSSR count). The Labute approximate surface area is 91.7 Å². The van der Waals surface area contributed by atoms with Crippen molar-refractivity contribution in [2.45, 2.75) is 6.04 Å². The molecule has 0 aromatic heterocycles. The van der Waals surface area contributed by atoms with Crippen molar-refractivity contribution in [1.82, 2.24) is 5.32 Å². The number of rotatable bonds is 4.